The molecule has 20 heavy (non-hydrogen) atoms. The summed E-state index contributed by atoms with van der Waals surface area (Å²) in [6, 6.07) is 17.6. The molecular weight excluding hydrogens is 246 g/mol. The quantitative estimate of drug-likeness (QED) is 0.902. The fraction of sp³-hybridized carbons (Fsp3) is 0.333. The van der Waals surface area contributed by atoms with Crippen molar-refractivity contribution in [3.8, 4) is 5.75 Å². The Morgan fingerprint density at radius 1 is 1.10 bits per heavy atom. The SMILES string of the molecule is COc1ccc(CCC2CCc3ccccc3N2)cc1. The van der Waals surface area contributed by atoms with E-state index in [0.29, 0.717) is 6.04 Å². The fourth-order valence-corrected chi connectivity index (χ4v) is 2.85. The van der Waals surface area contributed by atoms with Gasteiger partial charge in [0.05, 0.1) is 7.11 Å². The Morgan fingerprint density at radius 3 is 2.70 bits per heavy atom. The number of hydrogen-bond donors (Lipinski definition) is 1. The molecule has 0 saturated carbocycles. The lowest BCUT2D eigenvalue weighted by atomic mass is 9.94. The average Bonchev–Trinajstić information content (AvgIpc) is 2.53. The van der Waals surface area contributed by atoms with Crippen LogP contribution in [0, 0.1) is 0 Å². The van der Waals surface area contributed by atoms with Crippen LogP contribution in [0.15, 0.2) is 48.5 Å². The Hall–Kier alpha value is -1.96. The minimum atomic E-state index is 0.590. The molecule has 104 valence electrons. The van der Waals surface area contributed by atoms with Gasteiger partial charge in [-0.25, -0.2) is 0 Å². The first-order chi connectivity index (χ1) is 9.85. The number of aryl methyl sites for hydroxylation is 2. The highest BCUT2D eigenvalue weighted by Crippen LogP contribution is 2.26. The van der Waals surface area contributed by atoms with E-state index in [1.807, 2.05) is 12.1 Å². The Morgan fingerprint density at radius 2 is 1.90 bits per heavy atom. The number of fused-ring (bicyclic) bond motifs is 1. The van der Waals surface area contributed by atoms with E-state index >= 15 is 0 Å². The first-order valence-corrected chi connectivity index (χ1v) is 7.32. The minimum Gasteiger partial charge on any atom is -0.497 e. The van der Waals surface area contributed by atoms with Gasteiger partial charge in [0.15, 0.2) is 0 Å². The lowest BCUT2D eigenvalue weighted by Crippen LogP contribution is -2.25. The summed E-state index contributed by atoms with van der Waals surface area (Å²) in [6.07, 6.45) is 4.72. The van der Waals surface area contributed by atoms with Crippen molar-refractivity contribution < 1.29 is 4.74 Å². The van der Waals surface area contributed by atoms with Gasteiger partial charge in [-0.05, 0) is 55.0 Å². The van der Waals surface area contributed by atoms with Gasteiger partial charge >= 0.3 is 0 Å². The molecule has 0 saturated heterocycles. The average molecular weight is 267 g/mol. The van der Waals surface area contributed by atoms with Crippen LogP contribution in [-0.2, 0) is 12.8 Å². The van der Waals surface area contributed by atoms with Crippen LogP contribution in [0.25, 0.3) is 0 Å². The number of benzene rings is 2. The van der Waals surface area contributed by atoms with Crippen molar-refractivity contribution in [1.82, 2.24) is 0 Å². The molecule has 0 fully saturated rings. The number of rotatable bonds is 4. The number of methoxy groups -OCH3 is 1. The molecule has 0 aromatic heterocycles. The molecular formula is C18H21NO. The molecule has 0 bridgehead atoms. The molecule has 1 aliphatic rings. The van der Waals surface area contributed by atoms with Gasteiger partial charge in [0.25, 0.3) is 0 Å². The zero-order chi connectivity index (χ0) is 13.8. The third-order valence-electron chi connectivity index (χ3n) is 4.08. The Labute approximate surface area is 120 Å². The van der Waals surface area contributed by atoms with E-state index in [1.165, 1.54) is 36.1 Å². The fourth-order valence-electron chi connectivity index (χ4n) is 2.85. The summed E-state index contributed by atoms with van der Waals surface area (Å²) in [4.78, 5) is 0. The van der Waals surface area contributed by atoms with E-state index in [-0.39, 0.29) is 0 Å². The molecule has 0 amide bonds. The van der Waals surface area contributed by atoms with Crippen LogP contribution in [0.1, 0.15) is 24.0 Å². The van der Waals surface area contributed by atoms with Crippen molar-refractivity contribution in [2.45, 2.75) is 31.7 Å². The summed E-state index contributed by atoms with van der Waals surface area (Å²) in [5.74, 6) is 0.929. The van der Waals surface area contributed by atoms with Crippen LogP contribution in [0.5, 0.6) is 5.75 Å². The molecule has 1 unspecified atom stereocenters. The van der Waals surface area contributed by atoms with Gasteiger partial charge in [-0.3, -0.25) is 0 Å². The third kappa shape index (κ3) is 2.96. The van der Waals surface area contributed by atoms with Gasteiger partial charge in [-0.1, -0.05) is 30.3 Å². The molecule has 2 aromatic rings. The van der Waals surface area contributed by atoms with E-state index in [9.17, 15) is 0 Å². The molecule has 2 aromatic carbocycles. The molecule has 2 nitrogen and oxygen atoms in total. The van der Waals surface area contributed by atoms with Gasteiger partial charge in [-0.15, -0.1) is 0 Å². The van der Waals surface area contributed by atoms with Crippen LogP contribution in [0.3, 0.4) is 0 Å². The summed E-state index contributed by atoms with van der Waals surface area (Å²) in [5, 5.41) is 3.67. The zero-order valence-electron chi connectivity index (χ0n) is 11.9. The van der Waals surface area contributed by atoms with Crippen molar-refractivity contribution in [3.63, 3.8) is 0 Å². The number of ether oxygens (including phenoxy) is 1. The Kier molecular flexibility index (Phi) is 3.91. The molecule has 0 spiro atoms. The maximum atomic E-state index is 5.19. The van der Waals surface area contributed by atoms with Crippen LogP contribution >= 0.6 is 0 Å². The van der Waals surface area contributed by atoms with Crippen LogP contribution in [-0.4, -0.2) is 13.2 Å². The first kappa shape index (κ1) is 13.0. The predicted molar refractivity (Wildman–Crippen MR) is 83.5 cm³/mol. The van der Waals surface area contributed by atoms with Gasteiger partial charge in [-0.2, -0.15) is 0 Å². The van der Waals surface area contributed by atoms with Gasteiger partial charge < -0.3 is 10.1 Å². The Bertz CT molecular complexity index is 562. The first-order valence-electron chi connectivity index (χ1n) is 7.32. The topological polar surface area (TPSA) is 21.3 Å². The van der Waals surface area contributed by atoms with E-state index < -0.39 is 0 Å². The maximum Gasteiger partial charge on any atom is 0.118 e. The van der Waals surface area contributed by atoms with Gasteiger partial charge in [0.2, 0.25) is 0 Å². The predicted octanol–water partition coefficient (Wildman–Crippen LogP) is 4.05. The minimum absolute atomic E-state index is 0.590. The summed E-state index contributed by atoms with van der Waals surface area (Å²) < 4.78 is 5.19. The highest BCUT2D eigenvalue weighted by atomic mass is 16.5. The smallest absolute Gasteiger partial charge is 0.118 e. The van der Waals surface area contributed by atoms with E-state index in [1.54, 1.807) is 7.11 Å². The van der Waals surface area contributed by atoms with Crippen molar-refractivity contribution in [2.75, 3.05) is 12.4 Å². The van der Waals surface area contributed by atoms with Crippen molar-refractivity contribution in [3.05, 3.63) is 59.7 Å². The lowest BCUT2D eigenvalue weighted by molar-refractivity contribution is 0.414. The number of anilines is 1. The van der Waals surface area contributed by atoms with Gasteiger partial charge in [0, 0.05) is 11.7 Å². The molecule has 1 N–H and O–H groups in total. The molecule has 1 aliphatic heterocycles. The highest BCUT2D eigenvalue weighted by molar-refractivity contribution is 5.53. The number of hydrogen-bond acceptors (Lipinski definition) is 2. The normalized spacial score (nSPS) is 17.1. The maximum absolute atomic E-state index is 5.19. The summed E-state index contributed by atoms with van der Waals surface area (Å²) in [7, 11) is 1.71. The largest absolute Gasteiger partial charge is 0.497 e. The molecule has 1 atom stereocenters. The van der Waals surface area contributed by atoms with E-state index in [4.69, 9.17) is 4.74 Å². The van der Waals surface area contributed by atoms with E-state index in [2.05, 4.69) is 41.7 Å². The number of para-hydroxylation sites is 1. The molecule has 0 radical (unpaired) electrons. The highest BCUT2D eigenvalue weighted by Gasteiger charge is 2.16. The second-order valence-electron chi connectivity index (χ2n) is 5.42. The summed E-state index contributed by atoms with van der Waals surface area (Å²) in [6.45, 7) is 0. The zero-order valence-corrected chi connectivity index (χ0v) is 11.9. The molecule has 1 heterocycles. The van der Waals surface area contributed by atoms with Crippen molar-refractivity contribution >= 4 is 5.69 Å². The molecule has 0 aliphatic carbocycles. The second kappa shape index (κ2) is 6.00. The second-order valence-corrected chi connectivity index (χ2v) is 5.42. The lowest BCUT2D eigenvalue weighted by Gasteiger charge is -2.27. The molecule has 2 heteroatoms. The van der Waals surface area contributed by atoms with E-state index in [0.717, 1.165) is 12.2 Å². The van der Waals surface area contributed by atoms with Crippen molar-refractivity contribution in [1.29, 1.82) is 0 Å². The third-order valence-corrected chi connectivity index (χ3v) is 4.08. The standard InChI is InChI=1S/C18H21NO/c1-20-17-12-7-14(8-13-17)6-10-16-11-9-15-4-2-3-5-18(15)19-16/h2-5,7-8,12-13,16,19H,6,9-11H2,1H3. The van der Waals surface area contributed by atoms with Crippen molar-refractivity contribution in [2.24, 2.45) is 0 Å². The van der Waals surface area contributed by atoms with Crippen LogP contribution < -0.4 is 10.1 Å². The molecule has 3 rings (SSSR count). The van der Waals surface area contributed by atoms with Crippen LogP contribution in [0.2, 0.25) is 0 Å². The summed E-state index contributed by atoms with van der Waals surface area (Å²) in [5.41, 5.74) is 4.15. The van der Waals surface area contributed by atoms with Gasteiger partial charge in [0.1, 0.15) is 5.75 Å². The Balaban J connectivity index is 1.57. The summed E-state index contributed by atoms with van der Waals surface area (Å²) >= 11 is 0. The monoisotopic (exact) mass is 267 g/mol. The van der Waals surface area contributed by atoms with Crippen LogP contribution in [0.4, 0.5) is 5.69 Å². The number of nitrogens with one attached hydrogen (secondary N) is 1.